The molecule has 0 fully saturated rings. The second-order valence-corrected chi connectivity index (χ2v) is 4.71. The van der Waals surface area contributed by atoms with E-state index in [-0.39, 0.29) is 0 Å². The Labute approximate surface area is 113 Å². The summed E-state index contributed by atoms with van der Waals surface area (Å²) in [5.74, 6) is -0.857. The SMILES string of the molecule is CCCCn1c(-c2ccccc2)cc(C(=O)O)c1C. The van der Waals surface area contributed by atoms with E-state index in [0.717, 1.165) is 36.3 Å². The molecule has 0 aliphatic carbocycles. The van der Waals surface area contributed by atoms with E-state index < -0.39 is 5.97 Å². The van der Waals surface area contributed by atoms with E-state index in [0.29, 0.717) is 5.56 Å². The van der Waals surface area contributed by atoms with Gasteiger partial charge in [-0.15, -0.1) is 0 Å². The number of benzene rings is 1. The van der Waals surface area contributed by atoms with Gasteiger partial charge >= 0.3 is 5.97 Å². The second-order valence-electron chi connectivity index (χ2n) is 4.71. The molecule has 0 amide bonds. The van der Waals surface area contributed by atoms with Crippen LogP contribution in [0.25, 0.3) is 11.3 Å². The van der Waals surface area contributed by atoms with Gasteiger partial charge in [-0.2, -0.15) is 0 Å². The van der Waals surface area contributed by atoms with Crippen LogP contribution in [0.4, 0.5) is 0 Å². The van der Waals surface area contributed by atoms with Gasteiger partial charge in [0.2, 0.25) is 0 Å². The molecular weight excluding hydrogens is 238 g/mol. The number of rotatable bonds is 5. The summed E-state index contributed by atoms with van der Waals surface area (Å²) in [7, 11) is 0. The zero-order valence-corrected chi connectivity index (χ0v) is 11.4. The third-order valence-electron chi connectivity index (χ3n) is 3.40. The summed E-state index contributed by atoms with van der Waals surface area (Å²) in [4.78, 5) is 11.3. The molecule has 1 heterocycles. The van der Waals surface area contributed by atoms with Gasteiger partial charge in [0, 0.05) is 17.9 Å². The molecule has 0 aliphatic heterocycles. The summed E-state index contributed by atoms with van der Waals surface area (Å²) in [5.41, 5.74) is 3.29. The molecule has 0 atom stereocenters. The monoisotopic (exact) mass is 257 g/mol. The molecule has 2 rings (SSSR count). The Hall–Kier alpha value is -2.03. The first-order valence-corrected chi connectivity index (χ1v) is 6.64. The first-order valence-electron chi connectivity index (χ1n) is 6.64. The molecule has 1 aromatic carbocycles. The molecule has 1 N–H and O–H groups in total. The molecule has 2 aromatic rings. The molecule has 0 aliphatic rings. The second kappa shape index (κ2) is 5.74. The molecule has 3 heteroatoms. The van der Waals surface area contributed by atoms with Crippen molar-refractivity contribution in [2.24, 2.45) is 0 Å². The molecule has 0 spiro atoms. The summed E-state index contributed by atoms with van der Waals surface area (Å²) >= 11 is 0. The van der Waals surface area contributed by atoms with Gasteiger partial charge in [-0.05, 0) is 25.0 Å². The van der Waals surface area contributed by atoms with E-state index in [2.05, 4.69) is 11.5 Å². The van der Waals surface area contributed by atoms with E-state index in [1.165, 1.54) is 0 Å². The van der Waals surface area contributed by atoms with Crippen LogP contribution in [0.3, 0.4) is 0 Å². The van der Waals surface area contributed by atoms with Crippen LogP contribution < -0.4 is 0 Å². The summed E-state index contributed by atoms with van der Waals surface area (Å²) in [6.45, 7) is 4.88. The smallest absolute Gasteiger partial charge is 0.337 e. The number of hydrogen-bond acceptors (Lipinski definition) is 1. The highest BCUT2D eigenvalue weighted by Gasteiger charge is 2.17. The minimum Gasteiger partial charge on any atom is -0.478 e. The predicted molar refractivity (Wildman–Crippen MR) is 76.5 cm³/mol. The quantitative estimate of drug-likeness (QED) is 0.880. The number of aromatic carboxylic acids is 1. The lowest BCUT2D eigenvalue weighted by molar-refractivity contribution is 0.0696. The number of hydrogen-bond donors (Lipinski definition) is 1. The fourth-order valence-corrected chi connectivity index (χ4v) is 2.31. The van der Waals surface area contributed by atoms with Gasteiger partial charge in [-0.25, -0.2) is 4.79 Å². The Morgan fingerprint density at radius 1 is 1.26 bits per heavy atom. The van der Waals surface area contributed by atoms with Gasteiger partial charge in [0.15, 0.2) is 0 Å². The van der Waals surface area contributed by atoms with Gasteiger partial charge in [-0.3, -0.25) is 0 Å². The Morgan fingerprint density at radius 3 is 2.53 bits per heavy atom. The van der Waals surface area contributed by atoms with Gasteiger partial charge < -0.3 is 9.67 Å². The summed E-state index contributed by atoms with van der Waals surface area (Å²) < 4.78 is 2.11. The maximum absolute atomic E-state index is 11.3. The van der Waals surface area contributed by atoms with E-state index in [1.807, 2.05) is 37.3 Å². The molecular formula is C16H19NO2. The van der Waals surface area contributed by atoms with E-state index in [1.54, 1.807) is 6.07 Å². The van der Waals surface area contributed by atoms with Crippen molar-refractivity contribution in [2.75, 3.05) is 0 Å². The maximum atomic E-state index is 11.3. The van der Waals surface area contributed by atoms with Crippen molar-refractivity contribution >= 4 is 5.97 Å². The van der Waals surface area contributed by atoms with Crippen LogP contribution in [0.1, 0.15) is 35.8 Å². The molecule has 0 unspecified atom stereocenters. The van der Waals surface area contributed by atoms with Crippen molar-refractivity contribution in [3.8, 4) is 11.3 Å². The topological polar surface area (TPSA) is 42.2 Å². The molecule has 1 aromatic heterocycles. The minimum absolute atomic E-state index is 0.398. The highest BCUT2D eigenvalue weighted by Crippen LogP contribution is 2.26. The Morgan fingerprint density at radius 2 is 1.95 bits per heavy atom. The predicted octanol–water partition coefficient (Wildman–Crippen LogP) is 3.96. The van der Waals surface area contributed by atoms with Gasteiger partial charge in [0.1, 0.15) is 0 Å². The molecule has 0 radical (unpaired) electrons. The van der Waals surface area contributed by atoms with Crippen molar-refractivity contribution in [3.05, 3.63) is 47.7 Å². The van der Waals surface area contributed by atoms with Gasteiger partial charge in [0.05, 0.1) is 5.56 Å². The van der Waals surface area contributed by atoms with Crippen molar-refractivity contribution in [1.82, 2.24) is 4.57 Å². The number of carbonyl (C=O) groups is 1. The zero-order valence-electron chi connectivity index (χ0n) is 11.4. The van der Waals surface area contributed by atoms with E-state index in [9.17, 15) is 9.90 Å². The molecule has 3 nitrogen and oxygen atoms in total. The van der Waals surface area contributed by atoms with Crippen LogP contribution in [0.15, 0.2) is 36.4 Å². The van der Waals surface area contributed by atoms with Crippen LogP contribution in [0, 0.1) is 6.92 Å². The summed E-state index contributed by atoms with van der Waals surface area (Å²) in [5, 5.41) is 9.26. The Balaban J connectivity index is 2.52. The van der Waals surface area contributed by atoms with Crippen molar-refractivity contribution in [2.45, 2.75) is 33.2 Å². The molecule has 19 heavy (non-hydrogen) atoms. The van der Waals surface area contributed by atoms with Crippen LogP contribution >= 0.6 is 0 Å². The standard InChI is InChI=1S/C16H19NO2/c1-3-4-10-17-12(2)14(16(18)19)11-15(17)13-8-6-5-7-9-13/h5-9,11H,3-4,10H2,1-2H3,(H,18,19). The lowest BCUT2D eigenvalue weighted by Gasteiger charge is -2.11. The lowest BCUT2D eigenvalue weighted by atomic mass is 10.1. The Bertz CT molecular complexity index is 570. The van der Waals surface area contributed by atoms with Crippen molar-refractivity contribution in [3.63, 3.8) is 0 Å². The first kappa shape index (κ1) is 13.4. The molecule has 0 bridgehead atoms. The number of aromatic nitrogens is 1. The van der Waals surface area contributed by atoms with Gasteiger partial charge in [-0.1, -0.05) is 43.7 Å². The Kier molecular flexibility index (Phi) is 4.05. The lowest BCUT2D eigenvalue weighted by Crippen LogP contribution is -2.04. The third kappa shape index (κ3) is 2.70. The highest BCUT2D eigenvalue weighted by atomic mass is 16.4. The number of carboxylic acids is 1. The molecule has 0 saturated carbocycles. The zero-order chi connectivity index (χ0) is 13.8. The highest BCUT2D eigenvalue weighted by molar-refractivity contribution is 5.91. The fraction of sp³-hybridized carbons (Fsp3) is 0.312. The number of unbranched alkanes of at least 4 members (excludes halogenated alkanes) is 1. The number of nitrogens with zero attached hydrogens (tertiary/aromatic N) is 1. The average Bonchev–Trinajstić information content (AvgIpc) is 2.75. The average molecular weight is 257 g/mol. The first-order chi connectivity index (χ1) is 9.15. The minimum atomic E-state index is -0.857. The maximum Gasteiger partial charge on any atom is 0.337 e. The fourth-order valence-electron chi connectivity index (χ4n) is 2.31. The van der Waals surface area contributed by atoms with Crippen LogP contribution in [-0.2, 0) is 6.54 Å². The van der Waals surface area contributed by atoms with E-state index >= 15 is 0 Å². The van der Waals surface area contributed by atoms with E-state index in [4.69, 9.17) is 0 Å². The summed E-state index contributed by atoms with van der Waals surface area (Å²) in [6, 6.07) is 11.7. The van der Waals surface area contributed by atoms with Crippen LogP contribution in [-0.4, -0.2) is 15.6 Å². The number of carboxylic acid groups (broad SMARTS) is 1. The normalized spacial score (nSPS) is 10.6. The van der Waals surface area contributed by atoms with Crippen LogP contribution in [0.2, 0.25) is 0 Å². The molecule has 0 saturated heterocycles. The largest absolute Gasteiger partial charge is 0.478 e. The van der Waals surface area contributed by atoms with Gasteiger partial charge in [0.25, 0.3) is 0 Å². The van der Waals surface area contributed by atoms with Crippen LogP contribution in [0.5, 0.6) is 0 Å². The van der Waals surface area contributed by atoms with Crippen molar-refractivity contribution < 1.29 is 9.90 Å². The molecule has 100 valence electrons. The van der Waals surface area contributed by atoms with Crippen molar-refractivity contribution in [1.29, 1.82) is 0 Å². The third-order valence-corrected chi connectivity index (χ3v) is 3.40. The summed E-state index contributed by atoms with van der Waals surface area (Å²) in [6.07, 6.45) is 2.14.